The molecule has 24 heavy (non-hydrogen) atoms. The summed E-state index contributed by atoms with van der Waals surface area (Å²) in [7, 11) is 1.42. The monoisotopic (exact) mass is 352 g/mol. The van der Waals surface area contributed by atoms with Gasteiger partial charge in [-0.2, -0.15) is 13.2 Å². The zero-order chi connectivity index (χ0) is 18.2. The average Bonchev–Trinajstić information content (AvgIpc) is 2.46. The van der Waals surface area contributed by atoms with E-state index in [1.165, 1.54) is 11.9 Å². The largest absolute Gasteiger partial charge is 0.401 e. The predicted octanol–water partition coefficient (Wildman–Crippen LogP) is 0.579. The van der Waals surface area contributed by atoms with Crippen molar-refractivity contribution in [2.24, 2.45) is 10.7 Å². The van der Waals surface area contributed by atoms with Crippen molar-refractivity contribution in [2.45, 2.75) is 32.0 Å². The third kappa shape index (κ3) is 8.23. The molecule has 0 atom stereocenters. The van der Waals surface area contributed by atoms with Crippen molar-refractivity contribution in [2.75, 3.05) is 46.3 Å². The topological polar surface area (TPSA) is 86.0 Å². The lowest BCUT2D eigenvalue weighted by molar-refractivity contribution is -0.142. The van der Waals surface area contributed by atoms with Crippen LogP contribution >= 0.6 is 0 Å². The quantitative estimate of drug-likeness (QED) is 0.482. The summed E-state index contributed by atoms with van der Waals surface area (Å²) in [6.07, 6.45) is -2.70. The number of urea groups is 1. The van der Waals surface area contributed by atoms with Gasteiger partial charge in [0.1, 0.15) is 0 Å². The van der Waals surface area contributed by atoms with Gasteiger partial charge in [0.15, 0.2) is 5.96 Å². The van der Waals surface area contributed by atoms with Gasteiger partial charge in [0, 0.05) is 32.2 Å². The van der Waals surface area contributed by atoms with Crippen molar-refractivity contribution in [1.29, 1.82) is 0 Å². The van der Waals surface area contributed by atoms with E-state index in [1.807, 2.05) is 6.92 Å². The molecule has 0 spiro atoms. The normalized spacial score (nSPS) is 17.2. The smallest absolute Gasteiger partial charge is 0.357 e. The maximum atomic E-state index is 12.3. The number of guanidine groups is 1. The number of halogens is 3. The van der Waals surface area contributed by atoms with Crippen LogP contribution in [0, 0.1) is 0 Å². The van der Waals surface area contributed by atoms with Crippen LogP contribution in [-0.4, -0.2) is 80.3 Å². The molecule has 1 aliphatic heterocycles. The molecule has 1 fully saturated rings. The van der Waals surface area contributed by atoms with Crippen molar-refractivity contribution < 1.29 is 18.0 Å². The summed E-state index contributed by atoms with van der Waals surface area (Å²) in [4.78, 5) is 18.2. The first kappa shape index (κ1) is 20.3. The highest BCUT2D eigenvalue weighted by molar-refractivity contribution is 5.80. The minimum atomic E-state index is -4.20. The molecule has 0 bridgehead atoms. The van der Waals surface area contributed by atoms with Gasteiger partial charge in [-0.3, -0.25) is 9.89 Å². The summed E-state index contributed by atoms with van der Waals surface area (Å²) in [5.41, 5.74) is 5.25. The van der Waals surface area contributed by atoms with Crippen LogP contribution in [0.3, 0.4) is 0 Å². The zero-order valence-electron chi connectivity index (χ0n) is 14.2. The molecule has 2 amide bonds. The highest BCUT2D eigenvalue weighted by Crippen LogP contribution is 2.15. The molecule has 1 heterocycles. The number of carbonyl (C=O) groups excluding carboxylic acids is 1. The van der Waals surface area contributed by atoms with Crippen LogP contribution in [0.1, 0.15) is 19.8 Å². The van der Waals surface area contributed by atoms with Gasteiger partial charge in [-0.05, 0) is 26.8 Å². The van der Waals surface area contributed by atoms with Gasteiger partial charge in [-0.25, -0.2) is 4.79 Å². The molecule has 0 aromatic heterocycles. The number of alkyl halides is 3. The fourth-order valence-electron chi connectivity index (χ4n) is 2.48. The number of nitrogens with two attached hydrogens (primary N) is 1. The van der Waals surface area contributed by atoms with Gasteiger partial charge in [0.2, 0.25) is 0 Å². The number of carbonyl (C=O) groups is 1. The number of nitrogens with zero attached hydrogens (tertiary/aromatic N) is 3. The molecule has 1 saturated heterocycles. The Balaban J connectivity index is 2.42. The Bertz CT molecular complexity index is 421. The van der Waals surface area contributed by atoms with Crippen molar-refractivity contribution in [1.82, 2.24) is 20.4 Å². The van der Waals surface area contributed by atoms with Gasteiger partial charge in [-0.1, -0.05) is 0 Å². The number of aliphatic imine (C=N–C) groups is 1. The zero-order valence-corrected chi connectivity index (χ0v) is 14.2. The number of hydrogen-bond donors (Lipinski definition) is 3. The third-order valence-electron chi connectivity index (χ3n) is 3.69. The van der Waals surface area contributed by atoms with E-state index in [2.05, 4.69) is 15.6 Å². The van der Waals surface area contributed by atoms with E-state index in [4.69, 9.17) is 5.73 Å². The van der Waals surface area contributed by atoms with E-state index in [9.17, 15) is 18.0 Å². The standard InChI is InChI=1S/C14H27F3N6O/c1-3-19-13(20-6-9-22(2)10-14(15,16)17)21-11-4-7-23(8-5-11)12(18)24/h11H,3-10H2,1-2H3,(H2,18,24)(H2,19,20,21). The average molecular weight is 352 g/mol. The van der Waals surface area contributed by atoms with E-state index >= 15 is 0 Å². The lowest BCUT2D eigenvalue weighted by Gasteiger charge is -2.32. The summed E-state index contributed by atoms with van der Waals surface area (Å²) in [6.45, 7) is 3.28. The SMILES string of the molecule is CCNC(=NCCN(C)CC(F)(F)F)NC1CCN(C(N)=O)CC1. The van der Waals surface area contributed by atoms with Gasteiger partial charge in [0.05, 0.1) is 13.1 Å². The van der Waals surface area contributed by atoms with Crippen LogP contribution in [0.15, 0.2) is 4.99 Å². The Morgan fingerprint density at radius 3 is 2.50 bits per heavy atom. The molecule has 4 N–H and O–H groups in total. The van der Waals surface area contributed by atoms with Gasteiger partial charge in [0.25, 0.3) is 0 Å². The molecular weight excluding hydrogens is 325 g/mol. The number of likely N-dealkylation sites (tertiary alicyclic amines) is 1. The summed E-state index contributed by atoms with van der Waals surface area (Å²) >= 11 is 0. The predicted molar refractivity (Wildman–Crippen MR) is 86.8 cm³/mol. The summed E-state index contributed by atoms with van der Waals surface area (Å²) in [5, 5.41) is 6.34. The van der Waals surface area contributed by atoms with Crippen LogP contribution in [0.4, 0.5) is 18.0 Å². The number of amides is 2. The van der Waals surface area contributed by atoms with Gasteiger partial charge >= 0.3 is 12.2 Å². The number of likely N-dealkylation sites (N-methyl/N-ethyl adjacent to an activating group) is 1. The third-order valence-corrected chi connectivity index (χ3v) is 3.69. The molecule has 1 aliphatic rings. The Labute approximate surface area is 140 Å². The van der Waals surface area contributed by atoms with E-state index in [0.717, 1.165) is 12.8 Å². The summed E-state index contributed by atoms with van der Waals surface area (Å²) in [5.74, 6) is 0.579. The molecule has 0 aromatic carbocycles. The fourth-order valence-corrected chi connectivity index (χ4v) is 2.48. The van der Waals surface area contributed by atoms with Crippen LogP contribution in [-0.2, 0) is 0 Å². The van der Waals surface area contributed by atoms with Crippen LogP contribution < -0.4 is 16.4 Å². The lowest BCUT2D eigenvalue weighted by atomic mass is 10.1. The molecule has 0 unspecified atom stereocenters. The Kier molecular flexibility index (Phi) is 8.09. The van der Waals surface area contributed by atoms with Crippen LogP contribution in [0.2, 0.25) is 0 Å². The molecule has 140 valence electrons. The van der Waals surface area contributed by atoms with Gasteiger partial charge in [-0.15, -0.1) is 0 Å². The first-order chi connectivity index (χ1) is 11.2. The Hall–Kier alpha value is -1.71. The van der Waals surface area contributed by atoms with E-state index in [0.29, 0.717) is 25.6 Å². The fraction of sp³-hybridized carbons (Fsp3) is 0.857. The molecule has 0 saturated carbocycles. The van der Waals surface area contributed by atoms with E-state index in [1.54, 1.807) is 4.90 Å². The number of nitrogens with one attached hydrogen (secondary N) is 2. The maximum absolute atomic E-state index is 12.3. The van der Waals surface area contributed by atoms with Crippen molar-refractivity contribution in [3.63, 3.8) is 0 Å². The van der Waals surface area contributed by atoms with Crippen LogP contribution in [0.5, 0.6) is 0 Å². The lowest BCUT2D eigenvalue weighted by Crippen LogP contribution is -2.50. The highest BCUT2D eigenvalue weighted by Gasteiger charge is 2.28. The number of piperidine rings is 1. The second-order valence-electron chi connectivity index (χ2n) is 5.86. The second kappa shape index (κ2) is 9.55. The Morgan fingerprint density at radius 2 is 2.00 bits per heavy atom. The molecule has 0 radical (unpaired) electrons. The Morgan fingerprint density at radius 1 is 1.38 bits per heavy atom. The summed E-state index contributed by atoms with van der Waals surface area (Å²) in [6, 6.07) is -0.256. The van der Waals surface area contributed by atoms with E-state index < -0.39 is 18.8 Å². The first-order valence-corrected chi connectivity index (χ1v) is 8.05. The minimum Gasteiger partial charge on any atom is -0.357 e. The maximum Gasteiger partial charge on any atom is 0.401 e. The molecular formula is C14H27F3N6O. The van der Waals surface area contributed by atoms with Crippen molar-refractivity contribution >= 4 is 12.0 Å². The molecule has 1 rings (SSSR count). The molecule has 10 heteroatoms. The number of hydrogen-bond acceptors (Lipinski definition) is 3. The second-order valence-corrected chi connectivity index (χ2v) is 5.86. The van der Waals surface area contributed by atoms with Crippen LogP contribution in [0.25, 0.3) is 0 Å². The minimum absolute atomic E-state index is 0.159. The molecule has 7 nitrogen and oxygen atoms in total. The van der Waals surface area contributed by atoms with Crippen molar-refractivity contribution in [3.8, 4) is 0 Å². The molecule has 0 aliphatic carbocycles. The number of rotatable bonds is 6. The first-order valence-electron chi connectivity index (χ1n) is 8.05. The van der Waals surface area contributed by atoms with Gasteiger partial charge < -0.3 is 21.3 Å². The summed E-state index contributed by atoms with van der Waals surface area (Å²) < 4.78 is 36.8. The van der Waals surface area contributed by atoms with Crippen molar-refractivity contribution in [3.05, 3.63) is 0 Å². The van der Waals surface area contributed by atoms with E-state index in [-0.39, 0.29) is 19.1 Å². The highest BCUT2D eigenvalue weighted by atomic mass is 19.4. The number of primary amides is 1. The molecule has 0 aromatic rings.